The third-order valence-corrected chi connectivity index (χ3v) is 3.97. The molecule has 2 saturated heterocycles. The van der Waals surface area contributed by atoms with Crippen LogP contribution in [0.25, 0.3) is 0 Å². The molecule has 2 heterocycles. The third-order valence-electron chi connectivity index (χ3n) is 3.97. The van der Waals surface area contributed by atoms with Crippen molar-refractivity contribution in [2.75, 3.05) is 0 Å². The minimum absolute atomic E-state index is 0.0995. The number of rotatable bonds is 4. The molecule has 2 fully saturated rings. The number of fused-ring (bicyclic) bond motifs is 1. The Balaban J connectivity index is 1.63. The van der Waals surface area contributed by atoms with E-state index in [4.69, 9.17) is 23.7 Å². The molecule has 0 N–H and O–H groups in total. The van der Waals surface area contributed by atoms with E-state index in [1.165, 1.54) is 24.3 Å². The SMILES string of the molecule is CC[C@H]1O[C@@H]2OC(C)(C)O[C@@H]2[C@H]1OC(=O)Oc1ccc([N+](=O)[O-])cc1. The summed E-state index contributed by atoms with van der Waals surface area (Å²) in [4.78, 5) is 22.2. The summed E-state index contributed by atoms with van der Waals surface area (Å²) in [5, 5.41) is 10.6. The van der Waals surface area contributed by atoms with Crippen LogP contribution in [0.1, 0.15) is 27.2 Å². The fraction of sp³-hybridized carbons (Fsp3) is 0.562. The lowest BCUT2D eigenvalue weighted by Gasteiger charge is -2.24. The number of hydrogen-bond acceptors (Lipinski definition) is 8. The van der Waals surface area contributed by atoms with Gasteiger partial charge < -0.3 is 23.7 Å². The lowest BCUT2D eigenvalue weighted by atomic mass is 10.1. The number of non-ortho nitro benzene ring substituents is 1. The first-order valence-electron chi connectivity index (χ1n) is 7.93. The van der Waals surface area contributed by atoms with Gasteiger partial charge in [-0.15, -0.1) is 0 Å². The van der Waals surface area contributed by atoms with Crippen LogP contribution in [0.15, 0.2) is 24.3 Å². The Kier molecular flexibility index (Phi) is 4.63. The van der Waals surface area contributed by atoms with Crippen molar-refractivity contribution in [1.29, 1.82) is 0 Å². The molecule has 1 aromatic rings. The molecule has 0 aromatic heterocycles. The number of nitro groups is 1. The van der Waals surface area contributed by atoms with Crippen LogP contribution in [0.4, 0.5) is 10.5 Å². The van der Waals surface area contributed by atoms with Crippen LogP contribution in [-0.2, 0) is 18.9 Å². The highest BCUT2D eigenvalue weighted by Gasteiger charge is 2.56. The minimum Gasteiger partial charge on any atom is -0.425 e. The topological polar surface area (TPSA) is 106 Å². The van der Waals surface area contributed by atoms with Gasteiger partial charge in [0.2, 0.25) is 0 Å². The second-order valence-electron chi connectivity index (χ2n) is 6.24. The van der Waals surface area contributed by atoms with E-state index in [2.05, 4.69) is 0 Å². The first-order valence-corrected chi connectivity index (χ1v) is 7.93. The van der Waals surface area contributed by atoms with E-state index in [1.807, 2.05) is 6.92 Å². The largest absolute Gasteiger partial charge is 0.514 e. The Morgan fingerprint density at radius 2 is 1.96 bits per heavy atom. The Morgan fingerprint density at radius 1 is 1.28 bits per heavy atom. The summed E-state index contributed by atoms with van der Waals surface area (Å²) in [6.07, 6.45) is -2.50. The molecule has 0 bridgehead atoms. The number of ether oxygens (including phenoxy) is 5. The van der Waals surface area contributed by atoms with Crippen molar-refractivity contribution in [3.63, 3.8) is 0 Å². The van der Waals surface area contributed by atoms with Crippen LogP contribution >= 0.6 is 0 Å². The smallest absolute Gasteiger partial charge is 0.425 e. The van der Waals surface area contributed by atoms with Gasteiger partial charge in [0.25, 0.3) is 5.69 Å². The zero-order valence-electron chi connectivity index (χ0n) is 14.0. The van der Waals surface area contributed by atoms with Crippen molar-refractivity contribution in [2.24, 2.45) is 0 Å². The molecule has 0 radical (unpaired) electrons. The van der Waals surface area contributed by atoms with Crippen LogP contribution < -0.4 is 4.74 Å². The zero-order chi connectivity index (χ0) is 18.2. The van der Waals surface area contributed by atoms with Gasteiger partial charge in [0, 0.05) is 12.1 Å². The summed E-state index contributed by atoms with van der Waals surface area (Å²) in [5.74, 6) is -0.680. The monoisotopic (exact) mass is 353 g/mol. The van der Waals surface area contributed by atoms with Crippen molar-refractivity contribution in [2.45, 2.75) is 57.6 Å². The predicted molar refractivity (Wildman–Crippen MR) is 83.0 cm³/mol. The Labute approximate surface area is 143 Å². The number of carbonyl (C=O) groups is 1. The molecule has 0 aliphatic carbocycles. The number of nitro benzene ring substituents is 1. The molecule has 1 aromatic carbocycles. The second-order valence-corrected chi connectivity index (χ2v) is 6.24. The first kappa shape index (κ1) is 17.6. The maximum atomic E-state index is 12.1. The molecule has 0 unspecified atom stereocenters. The van der Waals surface area contributed by atoms with Gasteiger partial charge in [0.05, 0.1) is 4.92 Å². The number of hydrogen-bond donors (Lipinski definition) is 0. The van der Waals surface area contributed by atoms with Crippen LogP contribution in [0, 0.1) is 10.1 Å². The summed E-state index contributed by atoms with van der Waals surface area (Å²) in [6, 6.07) is 5.12. The van der Waals surface area contributed by atoms with Crippen molar-refractivity contribution >= 4 is 11.8 Å². The van der Waals surface area contributed by atoms with Gasteiger partial charge in [-0.3, -0.25) is 10.1 Å². The number of carbonyl (C=O) groups excluding carboxylic acids is 1. The van der Waals surface area contributed by atoms with E-state index >= 15 is 0 Å². The summed E-state index contributed by atoms with van der Waals surface area (Å²) in [5.41, 5.74) is -0.0995. The number of nitrogens with zero attached hydrogens (tertiary/aromatic N) is 1. The highest BCUT2D eigenvalue weighted by atomic mass is 16.8. The maximum Gasteiger partial charge on any atom is 0.514 e. The van der Waals surface area contributed by atoms with Crippen LogP contribution in [-0.4, -0.2) is 41.5 Å². The van der Waals surface area contributed by atoms with Gasteiger partial charge in [-0.05, 0) is 32.4 Å². The molecule has 0 spiro atoms. The molecule has 4 atom stereocenters. The van der Waals surface area contributed by atoms with Gasteiger partial charge in [0.15, 0.2) is 24.3 Å². The summed E-state index contributed by atoms with van der Waals surface area (Å²) in [7, 11) is 0. The Bertz CT molecular complexity index is 659. The Morgan fingerprint density at radius 3 is 2.56 bits per heavy atom. The van der Waals surface area contributed by atoms with Crippen LogP contribution in [0.5, 0.6) is 5.75 Å². The zero-order valence-corrected chi connectivity index (χ0v) is 14.0. The van der Waals surface area contributed by atoms with Crippen LogP contribution in [0.2, 0.25) is 0 Å². The first-order chi connectivity index (χ1) is 11.8. The molecular weight excluding hydrogens is 334 g/mol. The van der Waals surface area contributed by atoms with E-state index in [1.54, 1.807) is 13.8 Å². The van der Waals surface area contributed by atoms with E-state index in [0.29, 0.717) is 6.42 Å². The van der Waals surface area contributed by atoms with Crippen molar-refractivity contribution in [1.82, 2.24) is 0 Å². The maximum absolute atomic E-state index is 12.1. The van der Waals surface area contributed by atoms with Gasteiger partial charge in [-0.1, -0.05) is 6.92 Å². The van der Waals surface area contributed by atoms with E-state index in [-0.39, 0.29) is 17.5 Å². The van der Waals surface area contributed by atoms with Crippen LogP contribution in [0.3, 0.4) is 0 Å². The third kappa shape index (κ3) is 3.73. The average Bonchev–Trinajstić information content (AvgIpc) is 3.00. The lowest BCUT2D eigenvalue weighted by Crippen LogP contribution is -2.38. The standard InChI is InChI=1S/C16H19NO8/c1-4-11-12(13-14(22-11)25-16(2,3)24-13)23-15(18)21-10-7-5-9(6-8-10)17(19)20/h5-8,11-14H,4H2,1-3H3/t11-,12+,13-,14-/m1/s1. The molecule has 3 rings (SSSR count). The molecular formula is C16H19NO8. The molecule has 0 amide bonds. The van der Waals surface area contributed by atoms with Gasteiger partial charge in [-0.2, -0.15) is 0 Å². The average molecular weight is 353 g/mol. The Hall–Kier alpha value is -2.23. The van der Waals surface area contributed by atoms with E-state index in [0.717, 1.165) is 0 Å². The van der Waals surface area contributed by atoms with Crippen molar-refractivity contribution < 1.29 is 33.4 Å². The van der Waals surface area contributed by atoms with E-state index in [9.17, 15) is 14.9 Å². The summed E-state index contributed by atoms with van der Waals surface area (Å²) >= 11 is 0. The molecule has 9 nitrogen and oxygen atoms in total. The normalized spacial score (nSPS) is 29.9. The summed E-state index contributed by atoms with van der Waals surface area (Å²) in [6.45, 7) is 5.40. The minimum atomic E-state index is -0.935. The lowest BCUT2D eigenvalue weighted by molar-refractivity contribution is -0.384. The highest BCUT2D eigenvalue weighted by molar-refractivity contribution is 5.64. The molecule has 2 aliphatic rings. The van der Waals surface area contributed by atoms with Gasteiger partial charge in [0.1, 0.15) is 11.9 Å². The molecule has 2 aliphatic heterocycles. The fourth-order valence-electron chi connectivity index (χ4n) is 2.89. The second kappa shape index (κ2) is 6.58. The van der Waals surface area contributed by atoms with Crippen molar-refractivity contribution in [3.8, 4) is 5.75 Å². The molecule has 25 heavy (non-hydrogen) atoms. The van der Waals surface area contributed by atoms with Gasteiger partial charge in [-0.25, -0.2) is 4.79 Å². The molecule has 136 valence electrons. The van der Waals surface area contributed by atoms with E-state index < -0.39 is 35.4 Å². The quantitative estimate of drug-likeness (QED) is 0.352. The molecule has 9 heteroatoms. The molecule has 0 saturated carbocycles. The van der Waals surface area contributed by atoms with Gasteiger partial charge >= 0.3 is 6.16 Å². The summed E-state index contributed by atoms with van der Waals surface area (Å²) < 4.78 is 27.6. The number of benzene rings is 1. The van der Waals surface area contributed by atoms with Crippen molar-refractivity contribution in [3.05, 3.63) is 34.4 Å². The highest BCUT2D eigenvalue weighted by Crippen LogP contribution is 2.39. The fourth-order valence-corrected chi connectivity index (χ4v) is 2.89. The predicted octanol–water partition coefficient (Wildman–Crippen LogP) is 2.77.